The molecule has 0 amide bonds. The van der Waals surface area contributed by atoms with Crippen LogP contribution in [0.4, 0.5) is 0 Å². The molecule has 2 aromatic rings. The third kappa shape index (κ3) is 4.43. The van der Waals surface area contributed by atoms with E-state index in [0.717, 1.165) is 0 Å². The fourth-order valence-electron chi connectivity index (χ4n) is 2.56. The van der Waals surface area contributed by atoms with E-state index in [1.165, 1.54) is 0 Å². The average molecular weight is 342 g/mol. The van der Waals surface area contributed by atoms with Crippen LogP contribution in [0.1, 0.15) is 27.1 Å². The summed E-state index contributed by atoms with van der Waals surface area (Å²) in [6.45, 7) is -0.114. The van der Waals surface area contributed by atoms with Gasteiger partial charge in [0.15, 0.2) is 6.29 Å². The summed E-state index contributed by atoms with van der Waals surface area (Å²) < 4.78 is 15.9. The maximum absolute atomic E-state index is 12.1. The Balaban J connectivity index is 1.58. The minimum atomic E-state index is -1.06. The Morgan fingerprint density at radius 3 is 2.12 bits per heavy atom. The van der Waals surface area contributed by atoms with Crippen molar-refractivity contribution in [1.82, 2.24) is 0 Å². The van der Waals surface area contributed by atoms with Gasteiger partial charge >= 0.3 is 11.9 Å². The molecule has 0 saturated carbocycles. The Morgan fingerprint density at radius 2 is 1.52 bits per heavy atom. The van der Waals surface area contributed by atoms with Crippen molar-refractivity contribution in [2.24, 2.45) is 0 Å². The van der Waals surface area contributed by atoms with Crippen LogP contribution < -0.4 is 0 Å². The van der Waals surface area contributed by atoms with E-state index >= 15 is 0 Å². The first-order chi connectivity index (χ1) is 12.1. The van der Waals surface area contributed by atoms with Crippen molar-refractivity contribution in [1.29, 1.82) is 0 Å². The Morgan fingerprint density at radius 1 is 0.960 bits per heavy atom. The standard InChI is InChI=1S/C19H18O6/c20-17-11-15(25-19(22)14-9-5-2-6-10-14)16(24-17)12-23-18(21)13-7-3-1-4-8-13/h1-10,15-17,20H,11-12H2/t15-,16+,17+/m1/s1. The third-order valence-corrected chi connectivity index (χ3v) is 3.84. The van der Waals surface area contributed by atoms with Gasteiger partial charge in [-0.25, -0.2) is 9.59 Å². The highest BCUT2D eigenvalue weighted by Gasteiger charge is 2.38. The second kappa shape index (κ2) is 7.92. The highest BCUT2D eigenvalue weighted by Crippen LogP contribution is 2.23. The Bertz CT molecular complexity index is 715. The van der Waals surface area contributed by atoms with Crippen LogP contribution in [0, 0.1) is 0 Å². The van der Waals surface area contributed by atoms with Crippen LogP contribution in [0.15, 0.2) is 60.7 Å². The molecule has 1 aliphatic heterocycles. The SMILES string of the molecule is O=C(OC[C@@H]1O[C@H](O)C[C@H]1OC(=O)c1ccccc1)c1ccccc1. The van der Waals surface area contributed by atoms with Crippen molar-refractivity contribution >= 4 is 11.9 Å². The molecule has 0 bridgehead atoms. The van der Waals surface area contributed by atoms with Crippen LogP contribution in [0.5, 0.6) is 0 Å². The summed E-state index contributed by atoms with van der Waals surface area (Å²) in [4.78, 5) is 24.1. The van der Waals surface area contributed by atoms with E-state index in [-0.39, 0.29) is 13.0 Å². The largest absolute Gasteiger partial charge is 0.459 e. The Kier molecular flexibility index (Phi) is 5.42. The van der Waals surface area contributed by atoms with Gasteiger partial charge in [-0.3, -0.25) is 0 Å². The van der Waals surface area contributed by atoms with Gasteiger partial charge in [0.25, 0.3) is 0 Å². The summed E-state index contributed by atoms with van der Waals surface area (Å²) in [5.41, 5.74) is 0.822. The van der Waals surface area contributed by atoms with Crippen LogP contribution in [0.25, 0.3) is 0 Å². The van der Waals surface area contributed by atoms with Gasteiger partial charge in [0.05, 0.1) is 11.1 Å². The zero-order valence-electron chi connectivity index (χ0n) is 13.4. The molecule has 1 fully saturated rings. The van der Waals surface area contributed by atoms with Gasteiger partial charge in [0.2, 0.25) is 0 Å². The van der Waals surface area contributed by atoms with E-state index in [1.54, 1.807) is 60.7 Å². The number of esters is 2. The first-order valence-corrected chi connectivity index (χ1v) is 7.95. The molecule has 3 rings (SSSR count). The first-order valence-electron chi connectivity index (χ1n) is 7.95. The van der Waals surface area contributed by atoms with E-state index in [2.05, 4.69) is 0 Å². The average Bonchev–Trinajstić information content (AvgIpc) is 3.00. The van der Waals surface area contributed by atoms with E-state index in [9.17, 15) is 14.7 Å². The van der Waals surface area contributed by atoms with Crippen LogP contribution in [0.3, 0.4) is 0 Å². The summed E-state index contributed by atoms with van der Waals surface area (Å²) in [7, 11) is 0. The molecule has 0 aliphatic carbocycles. The smallest absolute Gasteiger partial charge is 0.338 e. The van der Waals surface area contributed by atoms with E-state index < -0.39 is 30.4 Å². The number of benzene rings is 2. The number of hydrogen-bond acceptors (Lipinski definition) is 6. The monoisotopic (exact) mass is 342 g/mol. The zero-order valence-corrected chi connectivity index (χ0v) is 13.4. The molecule has 0 radical (unpaired) electrons. The summed E-state index contributed by atoms with van der Waals surface area (Å²) in [5, 5.41) is 9.68. The van der Waals surface area contributed by atoms with Crippen molar-refractivity contribution < 1.29 is 28.9 Å². The normalized spacial score (nSPS) is 22.4. The lowest BCUT2D eigenvalue weighted by Gasteiger charge is -2.18. The van der Waals surface area contributed by atoms with Gasteiger partial charge in [-0.15, -0.1) is 0 Å². The number of aliphatic hydroxyl groups is 1. The fraction of sp³-hybridized carbons (Fsp3) is 0.263. The number of ether oxygens (including phenoxy) is 3. The van der Waals surface area contributed by atoms with Crippen molar-refractivity contribution in [3.8, 4) is 0 Å². The third-order valence-electron chi connectivity index (χ3n) is 3.84. The maximum Gasteiger partial charge on any atom is 0.338 e. The van der Waals surface area contributed by atoms with Crippen molar-refractivity contribution in [3.05, 3.63) is 71.8 Å². The van der Waals surface area contributed by atoms with Crippen LogP contribution >= 0.6 is 0 Å². The highest BCUT2D eigenvalue weighted by molar-refractivity contribution is 5.90. The molecule has 3 atom stereocenters. The lowest BCUT2D eigenvalue weighted by Crippen LogP contribution is -2.32. The highest BCUT2D eigenvalue weighted by atomic mass is 16.7. The minimum absolute atomic E-state index is 0.114. The predicted octanol–water partition coefficient (Wildman–Crippen LogP) is 2.18. The van der Waals surface area contributed by atoms with Crippen molar-refractivity contribution in [2.45, 2.75) is 24.9 Å². The molecular weight excluding hydrogens is 324 g/mol. The molecule has 2 aromatic carbocycles. The Hall–Kier alpha value is -2.70. The minimum Gasteiger partial charge on any atom is -0.459 e. The lowest BCUT2D eigenvalue weighted by atomic mass is 10.1. The zero-order chi connectivity index (χ0) is 17.6. The summed E-state index contributed by atoms with van der Waals surface area (Å²) in [6.07, 6.45) is -2.33. The molecular formula is C19H18O6. The van der Waals surface area contributed by atoms with Gasteiger partial charge in [-0.1, -0.05) is 36.4 Å². The van der Waals surface area contributed by atoms with Crippen molar-refractivity contribution in [3.63, 3.8) is 0 Å². The fourth-order valence-corrected chi connectivity index (χ4v) is 2.56. The molecule has 25 heavy (non-hydrogen) atoms. The molecule has 1 N–H and O–H groups in total. The second-order valence-corrected chi connectivity index (χ2v) is 5.64. The number of carbonyl (C=O) groups excluding carboxylic acids is 2. The molecule has 0 aromatic heterocycles. The van der Waals surface area contributed by atoms with E-state index in [4.69, 9.17) is 14.2 Å². The maximum atomic E-state index is 12.1. The molecule has 6 heteroatoms. The number of hydrogen-bond donors (Lipinski definition) is 1. The molecule has 130 valence electrons. The quantitative estimate of drug-likeness (QED) is 0.839. The summed E-state index contributed by atoms with van der Waals surface area (Å²) >= 11 is 0. The number of rotatable bonds is 5. The summed E-state index contributed by atoms with van der Waals surface area (Å²) in [6, 6.07) is 17.1. The van der Waals surface area contributed by atoms with Crippen LogP contribution in [-0.4, -0.2) is 42.1 Å². The number of aliphatic hydroxyl groups excluding tert-OH is 1. The van der Waals surface area contributed by atoms with Crippen LogP contribution in [0.2, 0.25) is 0 Å². The molecule has 1 saturated heterocycles. The van der Waals surface area contributed by atoms with Gasteiger partial charge in [-0.05, 0) is 24.3 Å². The number of carbonyl (C=O) groups is 2. The second-order valence-electron chi connectivity index (χ2n) is 5.64. The van der Waals surface area contributed by atoms with Gasteiger partial charge in [0, 0.05) is 6.42 Å². The van der Waals surface area contributed by atoms with E-state index in [1.807, 2.05) is 0 Å². The molecule has 0 spiro atoms. The summed E-state index contributed by atoms with van der Waals surface area (Å²) in [5.74, 6) is -1.01. The predicted molar refractivity (Wildman–Crippen MR) is 87.9 cm³/mol. The molecule has 1 aliphatic rings. The van der Waals surface area contributed by atoms with Crippen molar-refractivity contribution in [2.75, 3.05) is 6.61 Å². The van der Waals surface area contributed by atoms with E-state index in [0.29, 0.717) is 11.1 Å². The first kappa shape index (κ1) is 17.1. The molecule has 0 unspecified atom stereocenters. The van der Waals surface area contributed by atoms with Gasteiger partial charge < -0.3 is 19.3 Å². The topological polar surface area (TPSA) is 82.1 Å². The molecule has 1 heterocycles. The Labute approximate surface area is 144 Å². The van der Waals surface area contributed by atoms with Gasteiger partial charge in [-0.2, -0.15) is 0 Å². The lowest BCUT2D eigenvalue weighted by molar-refractivity contribution is -0.110. The molecule has 6 nitrogen and oxygen atoms in total. The van der Waals surface area contributed by atoms with Crippen LogP contribution in [-0.2, 0) is 14.2 Å². The van der Waals surface area contributed by atoms with Gasteiger partial charge in [0.1, 0.15) is 18.8 Å².